The number of hydrogen-bond acceptors (Lipinski definition) is 4. The number of nitrogens with zero attached hydrogens (tertiary/aromatic N) is 1. The van der Waals surface area contributed by atoms with Gasteiger partial charge in [0.15, 0.2) is 15.5 Å². The minimum absolute atomic E-state index is 0.0197. The predicted molar refractivity (Wildman–Crippen MR) is 75.2 cm³/mol. The highest BCUT2D eigenvalue weighted by molar-refractivity contribution is 7.91. The largest absolute Gasteiger partial charge is 0.344 e. The first-order valence-electron chi connectivity index (χ1n) is 6.35. The standard InChI is InChI=1S/C13H15N3O3S/c1-13(6-7-20(18,19)8-13)14-12(17)11-9-4-2-3-5-10(9)15-16-11/h2-5H,6-8H2,1H3,(H,14,17)(H,15,16)/t13-/m0/s1. The first-order chi connectivity index (χ1) is 9.39. The maximum Gasteiger partial charge on any atom is 0.272 e. The number of para-hydroxylation sites is 1. The van der Waals surface area contributed by atoms with E-state index in [0.29, 0.717) is 12.1 Å². The lowest BCUT2D eigenvalue weighted by atomic mass is 10.0. The Labute approximate surface area is 116 Å². The Kier molecular flexibility index (Phi) is 2.82. The molecule has 1 aromatic heterocycles. The number of amides is 1. The summed E-state index contributed by atoms with van der Waals surface area (Å²) in [5, 5.41) is 10.3. The van der Waals surface area contributed by atoms with Crippen LogP contribution >= 0.6 is 0 Å². The summed E-state index contributed by atoms with van der Waals surface area (Å²) in [7, 11) is -3.05. The van der Waals surface area contributed by atoms with Crippen LogP contribution in [0.3, 0.4) is 0 Å². The number of carbonyl (C=O) groups excluding carboxylic acids is 1. The van der Waals surface area contributed by atoms with Crippen LogP contribution in [0.1, 0.15) is 23.8 Å². The fraction of sp³-hybridized carbons (Fsp3) is 0.385. The van der Waals surface area contributed by atoms with Crippen molar-refractivity contribution in [1.29, 1.82) is 0 Å². The third-order valence-corrected chi connectivity index (χ3v) is 5.51. The number of aromatic amines is 1. The van der Waals surface area contributed by atoms with E-state index in [4.69, 9.17) is 0 Å². The van der Waals surface area contributed by atoms with Gasteiger partial charge in [-0.2, -0.15) is 5.10 Å². The van der Waals surface area contributed by atoms with E-state index in [2.05, 4.69) is 15.5 Å². The Morgan fingerprint density at radius 2 is 2.15 bits per heavy atom. The molecule has 2 heterocycles. The fourth-order valence-electron chi connectivity index (χ4n) is 2.58. The van der Waals surface area contributed by atoms with Crippen LogP contribution in [-0.4, -0.2) is 41.6 Å². The van der Waals surface area contributed by atoms with Crippen molar-refractivity contribution in [3.8, 4) is 0 Å². The Balaban J connectivity index is 1.87. The van der Waals surface area contributed by atoms with Gasteiger partial charge in [0.2, 0.25) is 0 Å². The molecule has 0 radical (unpaired) electrons. The zero-order chi connectivity index (χ0) is 14.4. The predicted octanol–water partition coefficient (Wildman–Crippen LogP) is 0.870. The van der Waals surface area contributed by atoms with Crippen LogP contribution in [0.25, 0.3) is 10.9 Å². The van der Waals surface area contributed by atoms with Gasteiger partial charge in [-0.25, -0.2) is 8.42 Å². The van der Waals surface area contributed by atoms with E-state index in [1.165, 1.54) is 0 Å². The molecule has 1 saturated heterocycles. The molecule has 1 fully saturated rings. The monoisotopic (exact) mass is 293 g/mol. The molecule has 3 rings (SSSR count). The van der Waals surface area contributed by atoms with Crippen molar-refractivity contribution in [3.63, 3.8) is 0 Å². The minimum atomic E-state index is -3.05. The van der Waals surface area contributed by atoms with Crippen molar-refractivity contribution in [3.05, 3.63) is 30.0 Å². The summed E-state index contributed by atoms with van der Waals surface area (Å²) in [6.07, 6.45) is 0.434. The topological polar surface area (TPSA) is 91.9 Å². The average molecular weight is 293 g/mol. The Morgan fingerprint density at radius 3 is 2.85 bits per heavy atom. The summed E-state index contributed by atoms with van der Waals surface area (Å²) >= 11 is 0. The number of benzene rings is 1. The van der Waals surface area contributed by atoms with Crippen molar-refractivity contribution in [2.45, 2.75) is 18.9 Å². The first kappa shape index (κ1) is 13.1. The van der Waals surface area contributed by atoms with Crippen molar-refractivity contribution >= 4 is 26.6 Å². The van der Waals surface area contributed by atoms with Crippen molar-refractivity contribution in [2.75, 3.05) is 11.5 Å². The van der Waals surface area contributed by atoms with Gasteiger partial charge in [-0.1, -0.05) is 18.2 Å². The van der Waals surface area contributed by atoms with E-state index in [1.807, 2.05) is 24.3 Å². The number of sulfone groups is 1. The Hall–Kier alpha value is -1.89. The van der Waals surface area contributed by atoms with Gasteiger partial charge < -0.3 is 5.32 Å². The van der Waals surface area contributed by atoms with E-state index < -0.39 is 15.4 Å². The van der Waals surface area contributed by atoms with Crippen LogP contribution < -0.4 is 5.32 Å². The molecule has 0 spiro atoms. The SMILES string of the molecule is C[C@]1(NC(=O)c2n[nH]c3ccccc23)CCS(=O)(=O)C1. The second kappa shape index (κ2) is 4.31. The van der Waals surface area contributed by atoms with Gasteiger partial charge in [0.1, 0.15) is 0 Å². The van der Waals surface area contributed by atoms with E-state index in [0.717, 1.165) is 10.9 Å². The molecule has 1 aliphatic rings. The molecular weight excluding hydrogens is 278 g/mol. The van der Waals surface area contributed by atoms with E-state index in [-0.39, 0.29) is 17.4 Å². The summed E-state index contributed by atoms with van der Waals surface area (Å²) in [4.78, 5) is 12.3. The van der Waals surface area contributed by atoms with Crippen LogP contribution in [0.2, 0.25) is 0 Å². The highest BCUT2D eigenvalue weighted by Crippen LogP contribution is 2.24. The van der Waals surface area contributed by atoms with Gasteiger partial charge in [-0.15, -0.1) is 0 Å². The number of aromatic nitrogens is 2. The van der Waals surface area contributed by atoms with Crippen molar-refractivity contribution < 1.29 is 13.2 Å². The summed E-state index contributed by atoms with van der Waals surface area (Å²) in [6.45, 7) is 1.75. The second-order valence-electron chi connectivity index (χ2n) is 5.47. The average Bonchev–Trinajstić information content (AvgIpc) is 2.90. The lowest BCUT2D eigenvalue weighted by Crippen LogP contribution is -2.47. The van der Waals surface area contributed by atoms with Gasteiger partial charge in [-0.05, 0) is 19.4 Å². The van der Waals surface area contributed by atoms with Crippen molar-refractivity contribution in [2.24, 2.45) is 0 Å². The molecule has 1 aromatic carbocycles. The summed E-state index contributed by atoms with van der Waals surface area (Å²) < 4.78 is 23.1. The lowest BCUT2D eigenvalue weighted by Gasteiger charge is -2.23. The van der Waals surface area contributed by atoms with E-state index in [1.54, 1.807) is 6.92 Å². The molecule has 2 aromatic rings. The van der Waals surface area contributed by atoms with Gasteiger partial charge in [0.25, 0.3) is 5.91 Å². The third kappa shape index (κ3) is 2.29. The number of nitrogens with one attached hydrogen (secondary N) is 2. The zero-order valence-electron chi connectivity index (χ0n) is 11.0. The Bertz CT molecular complexity index is 781. The highest BCUT2D eigenvalue weighted by atomic mass is 32.2. The van der Waals surface area contributed by atoms with Gasteiger partial charge in [-0.3, -0.25) is 9.89 Å². The van der Waals surface area contributed by atoms with Crippen LogP contribution in [0.4, 0.5) is 0 Å². The van der Waals surface area contributed by atoms with Crippen LogP contribution in [-0.2, 0) is 9.84 Å². The van der Waals surface area contributed by atoms with E-state index >= 15 is 0 Å². The molecule has 6 nitrogen and oxygen atoms in total. The van der Waals surface area contributed by atoms with Crippen LogP contribution in [0.15, 0.2) is 24.3 Å². The maximum atomic E-state index is 12.3. The molecule has 0 bridgehead atoms. The molecule has 7 heteroatoms. The molecule has 2 N–H and O–H groups in total. The van der Waals surface area contributed by atoms with Crippen LogP contribution in [0.5, 0.6) is 0 Å². The van der Waals surface area contributed by atoms with Gasteiger partial charge in [0.05, 0.1) is 22.6 Å². The summed E-state index contributed by atoms with van der Waals surface area (Å²) in [5.41, 5.74) is 0.364. The molecule has 0 unspecified atom stereocenters. The summed E-state index contributed by atoms with van der Waals surface area (Å²) in [5.74, 6) is -0.249. The number of H-pyrrole nitrogens is 1. The van der Waals surface area contributed by atoms with Crippen LogP contribution in [0, 0.1) is 0 Å². The number of fused-ring (bicyclic) bond motifs is 1. The second-order valence-corrected chi connectivity index (χ2v) is 7.66. The smallest absolute Gasteiger partial charge is 0.272 e. The number of carbonyl (C=O) groups is 1. The third-order valence-electron chi connectivity index (χ3n) is 3.60. The molecule has 106 valence electrons. The normalized spacial score (nSPS) is 24.9. The molecule has 0 saturated carbocycles. The number of rotatable bonds is 2. The first-order valence-corrected chi connectivity index (χ1v) is 8.17. The zero-order valence-corrected chi connectivity index (χ0v) is 11.8. The van der Waals surface area contributed by atoms with Crippen molar-refractivity contribution in [1.82, 2.24) is 15.5 Å². The molecule has 1 atom stereocenters. The molecule has 0 aliphatic carbocycles. The molecule has 20 heavy (non-hydrogen) atoms. The lowest BCUT2D eigenvalue weighted by molar-refractivity contribution is 0.0912. The maximum absolute atomic E-state index is 12.3. The Morgan fingerprint density at radius 1 is 1.40 bits per heavy atom. The summed E-state index contributed by atoms with van der Waals surface area (Å²) in [6, 6.07) is 7.33. The fourth-order valence-corrected chi connectivity index (χ4v) is 4.67. The quantitative estimate of drug-likeness (QED) is 0.859. The highest BCUT2D eigenvalue weighted by Gasteiger charge is 2.40. The minimum Gasteiger partial charge on any atom is -0.344 e. The van der Waals surface area contributed by atoms with E-state index in [9.17, 15) is 13.2 Å². The molecular formula is C13H15N3O3S. The molecule has 1 aliphatic heterocycles. The van der Waals surface area contributed by atoms with Gasteiger partial charge in [0, 0.05) is 5.39 Å². The molecule has 1 amide bonds. The van der Waals surface area contributed by atoms with Gasteiger partial charge >= 0.3 is 0 Å². The number of hydrogen-bond donors (Lipinski definition) is 2.